The van der Waals surface area contributed by atoms with E-state index in [9.17, 15) is 4.79 Å². The fourth-order valence-electron chi connectivity index (χ4n) is 1.65. The zero-order chi connectivity index (χ0) is 10.6. The second-order valence-corrected chi connectivity index (χ2v) is 4.03. The Hall–Kier alpha value is -1.08. The number of nitriles is 1. The maximum absolute atomic E-state index is 11.4. The van der Waals surface area contributed by atoms with E-state index in [0.717, 1.165) is 19.5 Å². The van der Waals surface area contributed by atoms with Crippen molar-refractivity contribution in [2.75, 3.05) is 33.7 Å². The fourth-order valence-corrected chi connectivity index (χ4v) is 1.65. The summed E-state index contributed by atoms with van der Waals surface area (Å²) in [5.41, 5.74) is 0. The van der Waals surface area contributed by atoms with Gasteiger partial charge in [-0.1, -0.05) is 0 Å². The van der Waals surface area contributed by atoms with E-state index < -0.39 is 0 Å². The molecule has 1 heterocycles. The van der Waals surface area contributed by atoms with Gasteiger partial charge in [-0.25, -0.2) is 0 Å². The molecule has 1 rings (SSSR count). The lowest BCUT2D eigenvalue weighted by atomic mass is 10.1. The van der Waals surface area contributed by atoms with Gasteiger partial charge in [0, 0.05) is 19.5 Å². The van der Waals surface area contributed by atoms with E-state index in [4.69, 9.17) is 5.26 Å². The molecule has 0 aliphatic carbocycles. The summed E-state index contributed by atoms with van der Waals surface area (Å²) in [4.78, 5) is 15.3. The summed E-state index contributed by atoms with van der Waals surface area (Å²) in [6, 6.07) is 2.15. The van der Waals surface area contributed by atoms with Crippen molar-refractivity contribution in [1.82, 2.24) is 9.80 Å². The number of carbonyl (C=O) groups excluding carboxylic acids is 1. The van der Waals surface area contributed by atoms with Gasteiger partial charge in [0.1, 0.15) is 0 Å². The Labute approximate surface area is 85.1 Å². The first-order chi connectivity index (χ1) is 6.63. The second kappa shape index (κ2) is 4.97. The lowest BCUT2D eigenvalue weighted by Gasteiger charge is -2.17. The number of carbonyl (C=O) groups is 1. The summed E-state index contributed by atoms with van der Waals surface area (Å²) in [6.45, 7) is 2.40. The number of rotatable bonds is 4. The molecule has 0 saturated carbocycles. The molecule has 78 valence electrons. The van der Waals surface area contributed by atoms with Crippen molar-refractivity contribution in [1.29, 1.82) is 5.26 Å². The number of nitrogens with zero attached hydrogens (tertiary/aromatic N) is 3. The van der Waals surface area contributed by atoms with Crippen molar-refractivity contribution < 1.29 is 4.79 Å². The summed E-state index contributed by atoms with van der Waals surface area (Å²) in [7, 11) is 4.04. The molecule has 0 radical (unpaired) electrons. The highest BCUT2D eigenvalue weighted by Gasteiger charge is 2.28. The average Bonchev–Trinajstić information content (AvgIpc) is 2.47. The van der Waals surface area contributed by atoms with Crippen LogP contribution in [0.1, 0.15) is 12.8 Å². The summed E-state index contributed by atoms with van der Waals surface area (Å²) >= 11 is 0. The molecule has 0 spiro atoms. The highest BCUT2D eigenvalue weighted by molar-refractivity contribution is 5.79. The largest absolute Gasteiger partial charge is 0.341 e. The van der Waals surface area contributed by atoms with Crippen LogP contribution in [0.4, 0.5) is 0 Å². The molecular formula is C10H17N3O. The summed E-state index contributed by atoms with van der Waals surface area (Å²) in [5, 5.41) is 8.68. The molecule has 0 N–H and O–H groups in total. The van der Waals surface area contributed by atoms with Gasteiger partial charge >= 0.3 is 0 Å². The Bertz CT molecular complexity index is 244. The molecule has 0 aromatic carbocycles. The van der Waals surface area contributed by atoms with Crippen LogP contribution in [0.2, 0.25) is 0 Å². The lowest BCUT2D eigenvalue weighted by molar-refractivity contribution is -0.127. The van der Waals surface area contributed by atoms with Gasteiger partial charge in [-0.2, -0.15) is 5.26 Å². The highest BCUT2D eigenvalue weighted by Crippen LogP contribution is 2.16. The van der Waals surface area contributed by atoms with E-state index >= 15 is 0 Å². The van der Waals surface area contributed by atoms with Gasteiger partial charge in [0.15, 0.2) is 0 Å². The lowest BCUT2D eigenvalue weighted by Crippen LogP contribution is -2.28. The summed E-state index contributed by atoms with van der Waals surface area (Å²) in [6.07, 6.45) is 1.40. The topological polar surface area (TPSA) is 47.3 Å². The molecule has 0 aromatic heterocycles. The highest BCUT2D eigenvalue weighted by atomic mass is 16.2. The van der Waals surface area contributed by atoms with Crippen molar-refractivity contribution in [3.63, 3.8) is 0 Å². The van der Waals surface area contributed by atoms with Crippen LogP contribution in [0.3, 0.4) is 0 Å². The number of hydrogen-bond acceptors (Lipinski definition) is 3. The van der Waals surface area contributed by atoms with Crippen LogP contribution in [-0.2, 0) is 4.79 Å². The Balaban J connectivity index is 2.26. The van der Waals surface area contributed by atoms with Gasteiger partial charge in [0.05, 0.1) is 12.0 Å². The second-order valence-electron chi connectivity index (χ2n) is 4.03. The van der Waals surface area contributed by atoms with Crippen LogP contribution in [0, 0.1) is 17.2 Å². The molecule has 0 bridgehead atoms. The molecule has 1 amide bonds. The predicted molar refractivity (Wildman–Crippen MR) is 53.5 cm³/mol. The molecule has 1 atom stereocenters. The standard InChI is InChI=1S/C10H17N3O/c1-12(2)4-3-5-13-8-9(7-11)6-10(13)14/h9H,3-6,8H2,1-2H3. The minimum Gasteiger partial charge on any atom is -0.341 e. The average molecular weight is 195 g/mol. The third-order valence-corrected chi connectivity index (χ3v) is 2.43. The van der Waals surface area contributed by atoms with E-state index in [1.54, 1.807) is 4.90 Å². The first-order valence-corrected chi connectivity index (χ1v) is 4.95. The van der Waals surface area contributed by atoms with Crippen LogP contribution < -0.4 is 0 Å². The Kier molecular flexibility index (Phi) is 3.90. The normalized spacial score (nSPS) is 21.7. The first kappa shape index (κ1) is 11.0. The monoisotopic (exact) mass is 195 g/mol. The number of amides is 1. The zero-order valence-corrected chi connectivity index (χ0v) is 8.86. The van der Waals surface area contributed by atoms with Crippen LogP contribution in [0.5, 0.6) is 0 Å². The zero-order valence-electron chi connectivity index (χ0n) is 8.86. The van der Waals surface area contributed by atoms with Gasteiger partial charge in [-0.05, 0) is 27.1 Å². The van der Waals surface area contributed by atoms with Crippen molar-refractivity contribution in [3.05, 3.63) is 0 Å². The van der Waals surface area contributed by atoms with E-state index in [0.29, 0.717) is 13.0 Å². The van der Waals surface area contributed by atoms with Crippen LogP contribution in [-0.4, -0.2) is 49.4 Å². The molecule has 14 heavy (non-hydrogen) atoms. The van der Waals surface area contributed by atoms with Crippen molar-refractivity contribution >= 4 is 5.91 Å². The molecule has 4 heteroatoms. The minimum atomic E-state index is -0.0816. The van der Waals surface area contributed by atoms with Gasteiger partial charge in [0.25, 0.3) is 0 Å². The van der Waals surface area contributed by atoms with Gasteiger partial charge in [-0.15, -0.1) is 0 Å². The predicted octanol–water partition coefficient (Wildman–Crippen LogP) is 0.310. The van der Waals surface area contributed by atoms with E-state index in [1.807, 2.05) is 14.1 Å². The fraction of sp³-hybridized carbons (Fsp3) is 0.800. The van der Waals surface area contributed by atoms with E-state index in [-0.39, 0.29) is 11.8 Å². The maximum atomic E-state index is 11.4. The smallest absolute Gasteiger partial charge is 0.224 e. The van der Waals surface area contributed by atoms with Gasteiger partial charge < -0.3 is 9.80 Å². The molecule has 0 aromatic rings. The molecule has 1 aliphatic rings. The molecular weight excluding hydrogens is 178 g/mol. The molecule has 4 nitrogen and oxygen atoms in total. The van der Waals surface area contributed by atoms with Crippen molar-refractivity contribution in [2.45, 2.75) is 12.8 Å². The van der Waals surface area contributed by atoms with Crippen LogP contribution >= 0.6 is 0 Å². The SMILES string of the molecule is CN(C)CCCN1CC(C#N)CC1=O. The Morgan fingerprint density at radius 3 is 2.86 bits per heavy atom. The Morgan fingerprint density at radius 1 is 1.64 bits per heavy atom. The van der Waals surface area contributed by atoms with E-state index in [1.165, 1.54) is 0 Å². The van der Waals surface area contributed by atoms with Gasteiger partial charge in [-0.3, -0.25) is 4.79 Å². The summed E-state index contributed by atoms with van der Waals surface area (Å²) in [5.74, 6) is 0.0529. The number of likely N-dealkylation sites (tertiary alicyclic amines) is 1. The third-order valence-electron chi connectivity index (χ3n) is 2.43. The quantitative estimate of drug-likeness (QED) is 0.648. The van der Waals surface area contributed by atoms with Crippen molar-refractivity contribution in [3.8, 4) is 6.07 Å². The minimum absolute atomic E-state index is 0.0816. The van der Waals surface area contributed by atoms with Crippen LogP contribution in [0.25, 0.3) is 0 Å². The first-order valence-electron chi connectivity index (χ1n) is 4.95. The molecule has 1 aliphatic heterocycles. The summed E-state index contributed by atoms with van der Waals surface area (Å²) < 4.78 is 0. The molecule has 1 fully saturated rings. The van der Waals surface area contributed by atoms with Gasteiger partial charge in [0.2, 0.25) is 5.91 Å². The Morgan fingerprint density at radius 2 is 2.36 bits per heavy atom. The molecule has 1 unspecified atom stereocenters. The van der Waals surface area contributed by atoms with Crippen LogP contribution in [0.15, 0.2) is 0 Å². The number of hydrogen-bond donors (Lipinski definition) is 0. The molecule has 1 saturated heterocycles. The van der Waals surface area contributed by atoms with E-state index in [2.05, 4.69) is 11.0 Å². The third kappa shape index (κ3) is 3.00. The maximum Gasteiger partial charge on any atom is 0.224 e. The van der Waals surface area contributed by atoms with Crippen molar-refractivity contribution in [2.24, 2.45) is 5.92 Å².